The molecule has 2 saturated carbocycles. The zero-order valence-electron chi connectivity index (χ0n) is 8.75. The molecule has 0 aromatic carbocycles. The van der Waals surface area contributed by atoms with Crippen molar-refractivity contribution in [2.24, 2.45) is 5.41 Å². The molecule has 4 nitrogen and oxygen atoms in total. The normalized spacial score (nSPS) is 23.7. The van der Waals surface area contributed by atoms with Crippen LogP contribution < -0.4 is 10.4 Å². The second-order valence-corrected chi connectivity index (χ2v) is 4.79. The minimum atomic E-state index is -1.05. The molecule has 0 atom stereocenters. The molecule has 0 radical (unpaired) electrons. The Hall–Kier alpha value is -1.06. The van der Waals surface area contributed by atoms with Gasteiger partial charge >= 0.3 is 0 Å². The van der Waals surface area contributed by atoms with Crippen molar-refractivity contribution in [3.63, 3.8) is 0 Å². The molecule has 2 aliphatic rings. The highest BCUT2D eigenvalue weighted by Crippen LogP contribution is 2.40. The molecule has 2 aliphatic carbocycles. The van der Waals surface area contributed by atoms with Crippen molar-refractivity contribution in [3.8, 4) is 0 Å². The molecule has 0 unspecified atom stereocenters. The fourth-order valence-corrected chi connectivity index (χ4v) is 2.32. The fourth-order valence-electron chi connectivity index (χ4n) is 2.32. The van der Waals surface area contributed by atoms with Gasteiger partial charge in [-0.2, -0.15) is 0 Å². The van der Waals surface area contributed by atoms with E-state index in [9.17, 15) is 14.7 Å². The molecule has 2 fully saturated rings. The van der Waals surface area contributed by atoms with Crippen molar-refractivity contribution < 1.29 is 14.7 Å². The predicted octanol–water partition coefficient (Wildman–Crippen LogP) is -0.0346. The lowest BCUT2D eigenvalue weighted by molar-refractivity contribution is -0.319. The van der Waals surface area contributed by atoms with Crippen LogP contribution in [0, 0.1) is 5.41 Å². The number of amides is 1. The molecule has 0 bridgehead atoms. The van der Waals surface area contributed by atoms with Gasteiger partial charge in [-0.15, -0.1) is 0 Å². The van der Waals surface area contributed by atoms with Gasteiger partial charge in [0.15, 0.2) is 0 Å². The molecule has 0 aromatic rings. The van der Waals surface area contributed by atoms with Gasteiger partial charge in [-0.05, 0) is 25.7 Å². The summed E-state index contributed by atoms with van der Waals surface area (Å²) in [4.78, 5) is 22.6. The molecular weight excluding hydrogens is 194 g/mol. The molecular formula is C11H16NO3-. The molecule has 0 aliphatic heterocycles. The van der Waals surface area contributed by atoms with Crippen molar-refractivity contribution in [2.45, 2.75) is 51.0 Å². The van der Waals surface area contributed by atoms with Crippen molar-refractivity contribution in [3.05, 3.63) is 0 Å². The Morgan fingerprint density at radius 2 is 1.87 bits per heavy atom. The first-order chi connectivity index (χ1) is 7.12. The van der Waals surface area contributed by atoms with Crippen LogP contribution in [-0.2, 0) is 9.59 Å². The molecule has 1 N–H and O–H groups in total. The number of carbonyl (C=O) groups excluding carboxylic acids is 2. The van der Waals surface area contributed by atoms with E-state index in [1.807, 2.05) is 0 Å². The third kappa shape index (κ3) is 2.30. The molecule has 2 rings (SSSR count). The number of carbonyl (C=O) groups is 2. The summed E-state index contributed by atoms with van der Waals surface area (Å²) < 4.78 is 0. The first-order valence-electron chi connectivity index (χ1n) is 5.63. The van der Waals surface area contributed by atoms with Gasteiger partial charge in [-0.3, -0.25) is 4.79 Å². The number of carboxylic acids is 1. The van der Waals surface area contributed by atoms with Crippen molar-refractivity contribution in [1.29, 1.82) is 0 Å². The van der Waals surface area contributed by atoms with Gasteiger partial charge in [0.05, 0.1) is 0 Å². The summed E-state index contributed by atoms with van der Waals surface area (Å²) in [5, 5.41) is 13.9. The van der Waals surface area contributed by atoms with Crippen LogP contribution in [0.2, 0.25) is 0 Å². The third-order valence-electron chi connectivity index (χ3n) is 3.44. The summed E-state index contributed by atoms with van der Waals surface area (Å²) in [7, 11) is 0. The second kappa shape index (κ2) is 3.83. The monoisotopic (exact) mass is 210 g/mol. The van der Waals surface area contributed by atoms with E-state index in [0.717, 1.165) is 25.7 Å². The first-order valence-corrected chi connectivity index (χ1v) is 5.63. The van der Waals surface area contributed by atoms with E-state index in [-0.39, 0.29) is 12.3 Å². The van der Waals surface area contributed by atoms with Crippen LogP contribution in [0.1, 0.15) is 44.9 Å². The van der Waals surface area contributed by atoms with E-state index < -0.39 is 11.4 Å². The lowest BCUT2D eigenvalue weighted by atomic mass is 9.82. The highest BCUT2D eigenvalue weighted by molar-refractivity contribution is 5.84. The van der Waals surface area contributed by atoms with Crippen LogP contribution in [0.3, 0.4) is 0 Å². The van der Waals surface area contributed by atoms with Crippen LogP contribution in [0.15, 0.2) is 0 Å². The highest BCUT2D eigenvalue weighted by atomic mass is 16.4. The number of aliphatic carboxylic acids is 1. The van der Waals surface area contributed by atoms with Crippen LogP contribution in [0.5, 0.6) is 0 Å². The minimum absolute atomic E-state index is 0.103. The molecule has 1 amide bonds. The Morgan fingerprint density at radius 1 is 1.27 bits per heavy atom. The molecule has 0 heterocycles. The molecule has 0 saturated heterocycles. The second-order valence-electron chi connectivity index (χ2n) is 4.79. The van der Waals surface area contributed by atoms with Gasteiger partial charge < -0.3 is 15.2 Å². The Morgan fingerprint density at radius 3 is 2.33 bits per heavy atom. The first kappa shape index (κ1) is 10.5. The number of hydrogen-bond donors (Lipinski definition) is 1. The number of hydrogen-bond acceptors (Lipinski definition) is 3. The van der Waals surface area contributed by atoms with Gasteiger partial charge in [-0.1, -0.05) is 12.8 Å². The largest absolute Gasteiger partial charge is 0.550 e. The summed E-state index contributed by atoms with van der Waals surface area (Å²) in [5.74, 6) is -1.17. The van der Waals surface area contributed by atoms with Gasteiger partial charge in [0.2, 0.25) is 5.91 Å². The molecule has 0 aromatic heterocycles. The SMILES string of the molecule is O=C(CC1(C(=O)[O-])CCCC1)NC1CC1. The zero-order chi connectivity index (χ0) is 10.9. The van der Waals surface area contributed by atoms with Gasteiger partial charge in [0.1, 0.15) is 0 Å². The third-order valence-corrected chi connectivity index (χ3v) is 3.44. The Labute approximate surface area is 89.0 Å². The van der Waals surface area contributed by atoms with Gasteiger partial charge in [0.25, 0.3) is 0 Å². The zero-order valence-corrected chi connectivity index (χ0v) is 8.75. The maximum absolute atomic E-state index is 11.6. The summed E-state index contributed by atoms with van der Waals surface area (Å²) >= 11 is 0. The smallest absolute Gasteiger partial charge is 0.221 e. The van der Waals surface area contributed by atoms with Crippen LogP contribution in [-0.4, -0.2) is 17.9 Å². The van der Waals surface area contributed by atoms with Gasteiger partial charge in [-0.25, -0.2) is 0 Å². The number of nitrogens with one attached hydrogen (secondary N) is 1. The molecule has 15 heavy (non-hydrogen) atoms. The minimum Gasteiger partial charge on any atom is -0.550 e. The highest BCUT2D eigenvalue weighted by Gasteiger charge is 2.38. The summed E-state index contributed by atoms with van der Waals surface area (Å²) in [6.07, 6.45) is 5.14. The average molecular weight is 210 g/mol. The Balaban J connectivity index is 1.93. The number of carboxylic acid groups (broad SMARTS) is 1. The van der Waals surface area contributed by atoms with Gasteiger partial charge in [0, 0.05) is 23.8 Å². The lowest BCUT2D eigenvalue weighted by Gasteiger charge is -2.29. The van der Waals surface area contributed by atoms with E-state index in [1.54, 1.807) is 0 Å². The molecule has 4 heteroatoms. The van der Waals surface area contributed by atoms with E-state index in [4.69, 9.17) is 0 Å². The standard InChI is InChI=1S/C11H17NO3/c13-9(12-8-3-4-8)7-11(10(14)15)5-1-2-6-11/h8H,1-7H2,(H,12,13)(H,14,15)/p-1. The Bertz CT molecular complexity index is 278. The van der Waals surface area contributed by atoms with E-state index in [0.29, 0.717) is 18.9 Å². The summed E-state index contributed by atoms with van der Waals surface area (Å²) in [6.45, 7) is 0. The van der Waals surface area contributed by atoms with Crippen LogP contribution >= 0.6 is 0 Å². The average Bonchev–Trinajstić information content (AvgIpc) is 2.82. The van der Waals surface area contributed by atoms with E-state index >= 15 is 0 Å². The topological polar surface area (TPSA) is 69.2 Å². The van der Waals surface area contributed by atoms with Crippen LogP contribution in [0.25, 0.3) is 0 Å². The number of rotatable bonds is 4. The maximum atomic E-state index is 11.6. The summed E-state index contributed by atoms with van der Waals surface area (Å²) in [5.41, 5.74) is -0.876. The maximum Gasteiger partial charge on any atom is 0.221 e. The fraction of sp³-hybridized carbons (Fsp3) is 0.818. The predicted molar refractivity (Wildman–Crippen MR) is 51.7 cm³/mol. The Kier molecular flexibility index (Phi) is 2.67. The van der Waals surface area contributed by atoms with E-state index in [2.05, 4.69) is 5.32 Å². The van der Waals surface area contributed by atoms with Crippen molar-refractivity contribution in [2.75, 3.05) is 0 Å². The quantitative estimate of drug-likeness (QED) is 0.708. The summed E-state index contributed by atoms with van der Waals surface area (Å²) in [6, 6.07) is 0.303. The van der Waals surface area contributed by atoms with E-state index in [1.165, 1.54) is 0 Å². The van der Waals surface area contributed by atoms with Crippen molar-refractivity contribution >= 4 is 11.9 Å². The molecule has 84 valence electrons. The lowest BCUT2D eigenvalue weighted by Crippen LogP contribution is -2.44. The van der Waals surface area contributed by atoms with Crippen molar-refractivity contribution in [1.82, 2.24) is 5.32 Å². The molecule has 0 spiro atoms. The van der Waals surface area contributed by atoms with Crippen LogP contribution in [0.4, 0.5) is 0 Å².